The molecule has 5 nitrogen and oxygen atoms in total. The maximum absolute atomic E-state index is 11.6. The SMILES string of the molecule is CCCC(N)CC(=O)NCCC(CC)CCC(=O)O. The number of carbonyl (C=O) groups is 2. The third-order valence-electron chi connectivity index (χ3n) is 3.33. The molecule has 4 N–H and O–H groups in total. The molecule has 0 rings (SSSR count). The number of carbonyl (C=O) groups excluding carboxylic acids is 1. The number of aliphatic carboxylic acids is 1. The summed E-state index contributed by atoms with van der Waals surface area (Å²) < 4.78 is 0. The van der Waals surface area contributed by atoms with Crippen LogP contribution in [0.25, 0.3) is 0 Å². The van der Waals surface area contributed by atoms with Crippen LogP contribution < -0.4 is 11.1 Å². The quantitative estimate of drug-likeness (QED) is 0.535. The van der Waals surface area contributed by atoms with Gasteiger partial charge in [0.2, 0.25) is 5.91 Å². The van der Waals surface area contributed by atoms with Crippen molar-refractivity contribution in [3.63, 3.8) is 0 Å². The topological polar surface area (TPSA) is 92.4 Å². The highest BCUT2D eigenvalue weighted by Crippen LogP contribution is 2.14. The third-order valence-corrected chi connectivity index (χ3v) is 3.33. The van der Waals surface area contributed by atoms with E-state index in [1.54, 1.807) is 0 Å². The van der Waals surface area contributed by atoms with E-state index in [9.17, 15) is 9.59 Å². The molecule has 0 aliphatic rings. The normalized spacial score (nSPS) is 13.8. The van der Waals surface area contributed by atoms with Crippen molar-refractivity contribution < 1.29 is 14.7 Å². The van der Waals surface area contributed by atoms with Gasteiger partial charge in [0, 0.05) is 25.4 Å². The molecule has 0 saturated carbocycles. The van der Waals surface area contributed by atoms with Crippen LogP contribution in [-0.4, -0.2) is 29.6 Å². The van der Waals surface area contributed by atoms with E-state index in [4.69, 9.17) is 10.8 Å². The van der Waals surface area contributed by atoms with Crippen LogP contribution in [0, 0.1) is 5.92 Å². The van der Waals surface area contributed by atoms with E-state index in [-0.39, 0.29) is 18.4 Å². The van der Waals surface area contributed by atoms with Crippen molar-refractivity contribution >= 4 is 11.9 Å². The Morgan fingerprint density at radius 2 is 1.89 bits per heavy atom. The first-order valence-electron chi connectivity index (χ1n) is 7.23. The second kappa shape index (κ2) is 10.8. The number of carboxylic acid groups (broad SMARTS) is 1. The van der Waals surface area contributed by atoms with Crippen LogP contribution >= 0.6 is 0 Å². The van der Waals surface area contributed by atoms with Gasteiger partial charge in [0.15, 0.2) is 0 Å². The van der Waals surface area contributed by atoms with E-state index in [1.807, 2.05) is 13.8 Å². The van der Waals surface area contributed by atoms with E-state index in [2.05, 4.69) is 5.32 Å². The Bertz CT molecular complexity index is 269. The molecule has 19 heavy (non-hydrogen) atoms. The van der Waals surface area contributed by atoms with Crippen LogP contribution in [0.1, 0.15) is 58.8 Å². The molecule has 0 spiro atoms. The number of rotatable bonds is 11. The zero-order valence-corrected chi connectivity index (χ0v) is 12.2. The molecule has 0 aromatic carbocycles. The van der Waals surface area contributed by atoms with Gasteiger partial charge in [0.1, 0.15) is 0 Å². The minimum absolute atomic E-state index is 0.00552. The van der Waals surface area contributed by atoms with Gasteiger partial charge in [-0.3, -0.25) is 9.59 Å². The van der Waals surface area contributed by atoms with Crippen molar-refractivity contribution in [2.75, 3.05) is 6.54 Å². The van der Waals surface area contributed by atoms with Gasteiger partial charge in [-0.2, -0.15) is 0 Å². The van der Waals surface area contributed by atoms with Crippen molar-refractivity contribution in [2.24, 2.45) is 11.7 Å². The van der Waals surface area contributed by atoms with E-state index < -0.39 is 5.97 Å². The molecule has 0 saturated heterocycles. The number of nitrogens with one attached hydrogen (secondary N) is 1. The monoisotopic (exact) mass is 272 g/mol. The van der Waals surface area contributed by atoms with Crippen molar-refractivity contribution in [3.8, 4) is 0 Å². The Balaban J connectivity index is 3.74. The van der Waals surface area contributed by atoms with Gasteiger partial charge in [0.25, 0.3) is 0 Å². The van der Waals surface area contributed by atoms with E-state index in [0.717, 1.165) is 25.7 Å². The van der Waals surface area contributed by atoms with Crippen molar-refractivity contribution in [2.45, 2.75) is 64.8 Å². The first-order chi connectivity index (χ1) is 8.99. The Kier molecular flexibility index (Phi) is 10.2. The molecular formula is C14H28N2O3. The molecule has 0 aliphatic carbocycles. The van der Waals surface area contributed by atoms with Crippen LogP contribution in [0.2, 0.25) is 0 Å². The van der Waals surface area contributed by atoms with Crippen LogP contribution in [0.5, 0.6) is 0 Å². The van der Waals surface area contributed by atoms with Crippen molar-refractivity contribution in [1.82, 2.24) is 5.32 Å². The Hall–Kier alpha value is -1.10. The molecule has 0 radical (unpaired) electrons. The van der Waals surface area contributed by atoms with Gasteiger partial charge in [-0.1, -0.05) is 26.7 Å². The summed E-state index contributed by atoms with van der Waals surface area (Å²) in [5.41, 5.74) is 5.80. The fourth-order valence-electron chi connectivity index (χ4n) is 2.08. The minimum atomic E-state index is -0.756. The Labute approximate surface area is 115 Å². The van der Waals surface area contributed by atoms with Gasteiger partial charge in [-0.25, -0.2) is 0 Å². The lowest BCUT2D eigenvalue weighted by Crippen LogP contribution is -2.32. The second-order valence-electron chi connectivity index (χ2n) is 5.10. The lowest BCUT2D eigenvalue weighted by atomic mass is 9.96. The minimum Gasteiger partial charge on any atom is -0.481 e. The van der Waals surface area contributed by atoms with Gasteiger partial charge in [-0.05, 0) is 25.2 Å². The second-order valence-corrected chi connectivity index (χ2v) is 5.10. The lowest BCUT2D eigenvalue weighted by Gasteiger charge is -2.15. The summed E-state index contributed by atoms with van der Waals surface area (Å²) in [7, 11) is 0. The average Bonchev–Trinajstić information content (AvgIpc) is 2.33. The van der Waals surface area contributed by atoms with Crippen LogP contribution in [0.15, 0.2) is 0 Å². The standard InChI is InChI=1S/C14H28N2O3/c1-3-5-12(15)10-13(17)16-9-8-11(4-2)6-7-14(18)19/h11-12H,3-10,15H2,1-2H3,(H,16,17)(H,18,19). The Morgan fingerprint density at radius 1 is 1.21 bits per heavy atom. The zero-order valence-electron chi connectivity index (χ0n) is 12.2. The first-order valence-corrected chi connectivity index (χ1v) is 7.23. The highest BCUT2D eigenvalue weighted by molar-refractivity contribution is 5.76. The van der Waals surface area contributed by atoms with Gasteiger partial charge < -0.3 is 16.2 Å². The third kappa shape index (κ3) is 10.5. The first kappa shape index (κ1) is 17.9. The lowest BCUT2D eigenvalue weighted by molar-refractivity contribution is -0.137. The van der Waals surface area contributed by atoms with Crippen LogP contribution in [0.4, 0.5) is 0 Å². The molecule has 2 unspecified atom stereocenters. The van der Waals surface area contributed by atoms with Crippen molar-refractivity contribution in [3.05, 3.63) is 0 Å². The maximum Gasteiger partial charge on any atom is 0.303 e. The summed E-state index contributed by atoms with van der Waals surface area (Å²) in [6.07, 6.45) is 4.88. The molecule has 2 atom stereocenters. The highest BCUT2D eigenvalue weighted by atomic mass is 16.4. The molecular weight excluding hydrogens is 244 g/mol. The maximum atomic E-state index is 11.6. The number of carboxylic acids is 1. The number of hydrogen-bond donors (Lipinski definition) is 3. The van der Waals surface area contributed by atoms with E-state index in [0.29, 0.717) is 25.3 Å². The predicted molar refractivity (Wildman–Crippen MR) is 75.8 cm³/mol. The van der Waals surface area contributed by atoms with Gasteiger partial charge in [0.05, 0.1) is 0 Å². The molecule has 1 amide bonds. The summed E-state index contributed by atoms with van der Waals surface area (Å²) in [6.45, 7) is 4.70. The molecule has 112 valence electrons. The number of amides is 1. The largest absolute Gasteiger partial charge is 0.481 e. The molecule has 0 fully saturated rings. The summed E-state index contributed by atoms with van der Waals surface area (Å²) >= 11 is 0. The molecule has 0 aromatic heterocycles. The average molecular weight is 272 g/mol. The number of nitrogens with two attached hydrogens (primary N) is 1. The van der Waals surface area contributed by atoms with E-state index >= 15 is 0 Å². The summed E-state index contributed by atoms with van der Waals surface area (Å²) in [5, 5.41) is 11.5. The summed E-state index contributed by atoms with van der Waals surface area (Å²) in [6, 6.07) is -0.0565. The fourth-order valence-corrected chi connectivity index (χ4v) is 2.08. The number of hydrogen-bond acceptors (Lipinski definition) is 3. The molecule has 5 heteroatoms. The summed E-state index contributed by atoms with van der Waals surface area (Å²) in [4.78, 5) is 22.1. The molecule has 0 aromatic rings. The molecule has 0 bridgehead atoms. The van der Waals surface area contributed by atoms with Gasteiger partial charge in [-0.15, -0.1) is 0 Å². The molecule has 0 aliphatic heterocycles. The van der Waals surface area contributed by atoms with Crippen molar-refractivity contribution in [1.29, 1.82) is 0 Å². The zero-order chi connectivity index (χ0) is 14.7. The fraction of sp³-hybridized carbons (Fsp3) is 0.857. The van der Waals surface area contributed by atoms with Crippen LogP contribution in [-0.2, 0) is 9.59 Å². The predicted octanol–water partition coefficient (Wildman–Crippen LogP) is 1.90. The summed E-state index contributed by atoms with van der Waals surface area (Å²) in [5.74, 6) is -0.400. The van der Waals surface area contributed by atoms with E-state index in [1.165, 1.54) is 0 Å². The molecule has 0 heterocycles. The smallest absolute Gasteiger partial charge is 0.303 e. The van der Waals surface area contributed by atoms with Gasteiger partial charge >= 0.3 is 5.97 Å². The highest BCUT2D eigenvalue weighted by Gasteiger charge is 2.11. The van der Waals surface area contributed by atoms with Crippen LogP contribution in [0.3, 0.4) is 0 Å². The Morgan fingerprint density at radius 3 is 2.42 bits per heavy atom.